The van der Waals surface area contributed by atoms with Crippen LogP contribution in [0.5, 0.6) is 0 Å². The lowest BCUT2D eigenvalue weighted by molar-refractivity contribution is 0.262. The maximum Gasteiger partial charge on any atom is 0.324 e. The molecule has 116 valence electrons. The van der Waals surface area contributed by atoms with Crippen LogP contribution >= 0.6 is 11.6 Å². The average molecular weight is 330 g/mol. The van der Waals surface area contributed by atoms with Crippen LogP contribution in [0.1, 0.15) is 5.89 Å². The van der Waals surface area contributed by atoms with E-state index in [1.165, 1.54) is 6.20 Å². The predicted molar refractivity (Wildman–Crippen MR) is 86.4 cm³/mol. The van der Waals surface area contributed by atoms with Gasteiger partial charge in [0.15, 0.2) is 0 Å². The summed E-state index contributed by atoms with van der Waals surface area (Å²) in [6.45, 7) is 1.72. The Kier molecular flexibility index (Phi) is 4.20. The van der Waals surface area contributed by atoms with Gasteiger partial charge in [-0.05, 0) is 36.4 Å². The number of nitrogens with zero attached hydrogens (tertiary/aromatic N) is 3. The maximum atomic E-state index is 11.9. The molecule has 2 heterocycles. The molecule has 23 heavy (non-hydrogen) atoms. The van der Waals surface area contributed by atoms with Gasteiger partial charge in [0.05, 0.1) is 5.02 Å². The third-order valence-electron chi connectivity index (χ3n) is 2.90. The van der Waals surface area contributed by atoms with E-state index in [4.69, 9.17) is 16.1 Å². The highest BCUT2D eigenvalue weighted by Crippen LogP contribution is 2.18. The van der Waals surface area contributed by atoms with Gasteiger partial charge in [0.1, 0.15) is 5.82 Å². The molecule has 2 N–H and O–H groups in total. The molecule has 0 bridgehead atoms. The first-order valence-electron chi connectivity index (χ1n) is 6.70. The van der Waals surface area contributed by atoms with Gasteiger partial charge in [0.2, 0.25) is 11.7 Å². The molecule has 0 aliphatic carbocycles. The Hall–Kier alpha value is -2.93. The van der Waals surface area contributed by atoms with Gasteiger partial charge in [0, 0.05) is 24.4 Å². The Labute approximate surface area is 136 Å². The van der Waals surface area contributed by atoms with Gasteiger partial charge in [-0.25, -0.2) is 9.78 Å². The average Bonchev–Trinajstić information content (AvgIpc) is 2.97. The molecule has 0 aliphatic rings. The van der Waals surface area contributed by atoms with Crippen LogP contribution in [-0.2, 0) is 0 Å². The number of amides is 2. The number of hydrogen-bond acceptors (Lipinski definition) is 5. The zero-order chi connectivity index (χ0) is 16.2. The monoisotopic (exact) mass is 329 g/mol. The Morgan fingerprint density at radius 3 is 2.52 bits per heavy atom. The number of pyridine rings is 1. The molecule has 0 spiro atoms. The van der Waals surface area contributed by atoms with Crippen LogP contribution in [0.4, 0.5) is 16.3 Å². The number of hydrogen-bond donors (Lipinski definition) is 2. The summed E-state index contributed by atoms with van der Waals surface area (Å²) in [5.74, 6) is 1.41. The fourth-order valence-electron chi connectivity index (χ4n) is 1.85. The zero-order valence-corrected chi connectivity index (χ0v) is 12.8. The van der Waals surface area contributed by atoms with Crippen molar-refractivity contribution < 1.29 is 9.32 Å². The lowest BCUT2D eigenvalue weighted by Gasteiger charge is -2.07. The number of carbonyl (C=O) groups is 1. The number of aromatic nitrogens is 3. The van der Waals surface area contributed by atoms with E-state index in [0.29, 0.717) is 28.2 Å². The quantitative estimate of drug-likeness (QED) is 0.763. The molecular formula is C15H12ClN5O2. The van der Waals surface area contributed by atoms with Gasteiger partial charge in [-0.2, -0.15) is 4.98 Å². The standard InChI is InChI=1S/C15H12ClN5O2/c1-9-18-14(21-23-9)10-2-5-12(6-3-10)19-15(22)20-13-7-4-11(16)8-17-13/h2-8H,1H3,(H2,17,19,20,22). The van der Waals surface area contributed by atoms with Gasteiger partial charge in [-0.3, -0.25) is 5.32 Å². The molecule has 0 saturated heterocycles. The Morgan fingerprint density at radius 1 is 1.13 bits per heavy atom. The van der Waals surface area contributed by atoms with Gasteiger partial charge in [0.25, 0.3) is 0 Å². The van der Waals surface area contributed by atoms with E-state index >= 15 is 0 Å². The summed E-state index contributed by atoms with van der Waals surface area (Å²) in [6, 6.07) is 9.94. The molecule has 0 fully saturated rings. The Balaban J connectivity index is 1.63. The fraction of sp³-hybridized carbons (Fsp3) is 0.0667. The molecule has 2 aromatic heterocycles. The van der Waals surface area contributed by atoms with Gasteiger partial charge in [-0.15, -0.1) is 0 Å². The minimum atomic E-state index is -0.400. The van der Waals surface area contributed by atoms with Crippen molar-refractivity contribution in [1.82, 2.24) is 15.1 Å². The summed E-state index contributed by atoms with van der Waals surface area (Å²) in [4.78, 5) is 20.0. The molecule has 0 saturated carbocycles. The molecule has 2 amide bonds. The fourth-order valence-corrected chi connectivity index (χ4v) is 1.96. The van der Waals surface area contributed by atoms with E-state index in [1.807, 2.05) is 0 Å². The van der Waals surface area contributed by atoms with E-state index in [-0.39, 0.29) is 0 Å². The highest BCUT2D eigenvalue weighted by atomic mass is 35.5. The van der Waals surface area contributed by atoms with Crippen molar-refractivity contribution in [2.24, 2.45) is 0 Å². The minimum Gasteiger partial charge on any atom is -0.339 e. The highest BCUT2D eigenvalue weighted by Gasteiger charge is 2.07. The summed E-state index contributed by atoms with van der Waals surface area (Å²) in [5, 5.41) is 9.65. The molecule has 1 aromatic carbocycles. The molecular weight excluding hydrogens is 318 g/mol. The number of anilines is 2. The number of benzene rings is 1. The third-order valence-corrected chi connectivity index (χ3v) is 3.12. The van der Waals surface area contributed by atoms with Crippen molar-refractivity contribution in [1.29, 1.82) is 0 Å². The lowest BCUT2D eigenvalue weighted by Crippen LogP contribution is -2.19. The van der Waals surface area contributed by atoms with Crippen molar-refractivity contribution in [2.75, 3.05) is 10.6 Å². The second kappa shape index (κ2) is 6.45. The molecule has 0 unspecified atom stereocenters. The SMILES string of the molecule is Cc1nc(-c2ccc(NC(=O)Nc3ccc(Cl)cn3)cc2)no1. The van der Waals surface area contributed by atoms with Crippen molar-refractivity contribution >= 4 is 29.1 Å². The number of carbonyl (C=O) groups excluding carboxylic acids is 1. The van der Waals surface area contributed by atoms with Crippen LogP contribution in [0.2, 0.25) is 5.02 Å². The van der Waals surface area contributed by atoms with Crippen LogP contribution in [0.3, 0.4) is 0 Å². The number of halogens is 1. The summed E-state index contributed by atoms with van der Waals surface area (Å²) in [5.41, 5.74) is 1.42. The molecule has 0 atom stereocenters. The first-order valence-corrected chi connectivity index (χ1v) is 7.08. The van der Waals surface area contributed by atoms with Crippen molar-refractivity contribution in [2.45, 2.75) is 6.92 Å². The predicted octanol–water partition coefficient (Wildman–Crippen LogP) is 3.74. The van der Waals surface area contributed by atoms with E-state index in [9.17, 15) is 4.79 Å². The van der Waals surface area contributed by atoms with E-state index in [2.05, 4.69) is 25.8 Å². The molecule has 7 nitrogen and oxygen atoms in total. The topological polar surface area (TPSA) is 92.9 Å². The summed E-state index contributed by atoms with van der Waals surface area (Å²) >= 11 is 5.74. The van der Waals surface area contributed by atoms with E-state index in [1.54, 1.807) is 43.3 Å². The highest BCUT2D eigenvalue weighted by molar-refractivity contribution is 6.30. The van der Waals surface area contributed by atoms with Gasteiger partial charge in [-0.1, -0.05) is 16.8 Å². The smallest absolute Gasteiger partial charge is 0.324 e. The largest absolute Gasteiger partial charge is 0.339 e. The second-order valence-electron chi connectivity index (χ2n) is 4.66. The van der Waals surface area contributed by atoms with E-state index in [0.717, 1.165) is 5.56 Å². The normalized spacial score (nSPS) is 10.3. The summed E-state index contributed by atoms with van der Waals surface area (Å²) in [6.07, 6.45) is 1.46. The molecule has 3 aromatic rings. The molecule has 0 aliphatic heterocycles. The molecule has 3 rings (SSSR count). The minimum absolute atomic E-state index is 0.400. The number of nitrogens with one attached hydrogen (secondary N) is 2. The second-order valence-corrected chi connectivity index (χ2v) is 5.09. The van der Waals surface area contributed by atoms with Crippen LogP contribution < -0.4 is 10.6 Å². The summed E-state index contributed by atoms with van der Waals surface area (Å²) in [7, 11) is 0. The van der Waals surface area contributed by atoms with Crippen LogP contribution in [0.25, 0.3) is 11.4 Å². The molecule has 8 heteroatoms. The maximum absolute atomic E-state index is 11.9. The molecule has 0 radical (unpaired) electrons. The summed E-state index contributed by atoms with van der Waals surface area (Å²) < 4.78 is 4.93. The van der Waals surface area contributed by atoms with Crippen molar-refractivity contribution in [3.05, 3.63) is 53.5 Å². The zero-order valence-electron chi connectivity index (χ0n) is 12.1. The first kappa shape index (κ1) is 15.0. The van der Waals surface area contributed by atoms with Crippen LogP contribution in [0.15, 0.2) is 47.1 Å². The van der Waals surface area contributed by atoms with Gasteiger partial charge >= 0.3 is 6.03 Å². The van der Waals surface area contributed by atoms with Crippen molar-refractivity contribution in [3.63, 3.8) is 0 Å². The Morgan fingerprint density at radius 2 is 1.91 bits per heavy atom. The first-order chi connectivity index (χ1) is 11.1. The van der Waals surface area contributed by atoms with Crippen LogP contribution in [0, 0.1) is 6.92 Å². The van der Waals surface area contributed by atoms with Crippen molar-refractivity contribution in [3.8, 4) is 11.4 Å². The lowest BCUT2D eigenvalue weighted by atomic mass is 10.2. The number of urea groups is 1. The van der Waals surface area contributed by atoms with Gasteiger partial charge < -0.3 is 9.84 Å². The van der Waals surface area contributed by atoms with E-state index < -0.39 is 6.03 Å². The third kappa shape index (κ3) is 3.83. The van der Waals surface area contributed by atoms with Crippen LogP contribution in [-0.4, -0.2) is 21.2 Å². The number of aryl methyl sites for hydroxylation is 1. The Bertz CT molecular complexity index is 815. The number of rotatable bonds is 3.